The Morgan fingerprint density at radius 3 is 2.25 bits per heavy atom. The zero-order valence-electron chi connectivity index (χ0n) is 19.3. The molecule has 12 nitrogen and oxygen atoms in total. The molecule has 0 aliphatic carbocycles. The standard InChI is InChI=1S/C21H30F3N7O5/c22-21(23,24)20(27,8-4-9-29-19(25)26)18(36)30-12-15(32)31-14(11-16(33)34)17(35)28-10-7-13-5-2-1-3-6-13/h1-3,5-6,14H,4,7-12,27H2,(H,28,35)(H,30,36)(H,31,32)(H,33,34)(H4,25,26,29). The number of carboxylic acids is 1. The first-order chi connectivity index (χ1) is 16.8. The number of hydrogen-bond acceptors (Lipinski definition) is 6. The normalized spacial score (nSPS) is 13.6. The van der Waals surface area contributed by atoms with Gasteiger partial charge in [0.15, 0.2) is 11.5 Å². The van der Waals surface area contributed by atoms with E-state index in [2.05, 4.69) is 15.6 Å². The molecule has 1 rings (SSSR count). The molecule has 3 amide bonds. The highest BCUT2D eigenvalue weighted by Crippen LogP contribution is 2.32. The van der Waals surface area contributed by atoms with Crippen molar-refractivity contribution in [3.05, 3.63) is 35.9 Å². The molecular formula is C21H30F3N7O5. The van der Waals surface area contributed by atoms with Gasteiger partial charge in [-0.25, -0.2) is 0 Å². The summed E-state index contributed by atoms with van der Waals surface area (Å²) in [5, 5.41) is 15.4. The van der Waals surface area contributed by atoms with Crippen LogP contribution in [0.2, 0.25) is 0 Å². The van der Waals surface area contributed by atoms with E-state index in [4.69, 9.17) is 22.3 Å². The highest BCUT2D eigenvalue weighted by molar-refractivity contribution is 5.94. The molecule has 0 saturated heterocycles. The molecule has 0 bridgehead atoms. The van der Waals surface area contributed by atoms with E-state index < -0.39 is 60.8 Å². The second-order valence-corrected chi connectivity index (χ2v) is 7.81. The number of carboxylic acid groups (broad SMARTS) is 1. The fraction of sp³-hybridized carbons (Fsp3) is 0.476. The predicted molar refractivity (Wildman–Crippen MR) is 123 cm³/mol. The van der Waals surface area contributed by atoms with E-state index in [-0.39, 0.29) is 25.5 Å². The van der Waals surface area contributed by atoms with Crippen LogP contribution in [0.5, 0.6) is 0 Å². The van der Waals surface area contributed by atoms with Crippen molar-refractivity contribution in [2.75, 3.05) is 19.6 Å². The van der Waals surface area contributed by atoms with E-state index in [1.165, 1.54) is 0 Å². The van der Waals surface area contributed by atoms with Crippen LogP contribution in [0.25, 0.3) is 0 Å². The number of amides is 3. The van der Waals surface area contributed by atoms with E-state index >= 15 is 0 Å². The minimum Gasteiger partial charge on any atom is -0.481 e. The molecule has 2 atom stereocenters. The summed E-state index contributed by atoms with van der Waals surface area (Å²) in [5.41, 5.74) is 13.1. The van der Waals surface area contributed by atoms with E-state index in [1.54, 1.807) is 17.4 Å². The van der Waals surface area contributed by atoms with Gasteiger partial charge in [-0.3, -0.25) is 24.2 Å². The third-order valence-corrected chi connectivity index (χ3v) is 4.93. The van der Waals surface area contributed by atoms with E-state index in [1.807, 2.05) is 18.2 Å². The van der Waals surface area contributed by atoms with Crippen LogP contribution in [-0.4, -0.2) is 72.1 Å². The summed E-state index contributed by atoms with van der Waals surface area (Å²) in [6.07, 6.45) is -6.65. The lowest BCUT2D eigenvalue weighted by Crippen LogP contribution is -2.64. The Balaban J connectivity index is 2.70. The second kappa shape index (κ2) is 13.9. The van der Waals surface area contributed by atoms with Crippen LogP contribution in [-0.2, 0) is 25.6 Å². The first kappa shape index (κ1) is 30.2. The van der Waals surface area contributed by atoms with Gasteiger partial charge in [0.1, 0.15) is 6.04 Å². The maximum Gasteiger partial charge on any atom is 0.415 e. The van der Waals surface area contributed by atoms with Crippen LogP contribution < -0.4 is 33.2 Å². The van der Waals surface area contributed by atoms with Crippen LogP contribution in [0.15, 0.2) is 35.3 Å². The summed E-state index contributed by atoms with van der Waals surface area (Å²) in [6.45, 7) is -1.04. The number of nitrogens with one attached hydrogen (secondary N) is 3. The van der Waals surface area contributed by atoms with Gasteiger partial charge < -0.3 is 38.3 Å². The van der Waals surface area contributed by atoms with Gasteiger partial charge in [0.2, 0.25) is 17.7 Å². The van der Waals surface area contributed by atoms with E-state index in [0.717, 1.165) is 5.56 Å². The summed E-state index contributed by atoms with van der Waals surface area (Å²) in [5.74, 6) is -5.32. The number of alkyl halides is 3. The molecule has 0 fully saturated rings. The van der Waals surface area contributed by atoms with Crippen LogP contribution in [0, 0.1) is 0 Å². The van der Waals surface area contributed by atoms with Crippen molar-refractivity contribution in [2.45, 2.75) is 43.4 Å². The molecule has 2 unspecified atom stereocenters. The molecule has 0 saturated carbocycles. The Kier molecular flexibility index (Phi) is 11.6. The van der Waals surface area contributed by atoms with Crippen LogP contribution in [0.4, 0.5) is 13.2 Å². The van der Waals surface area contributed by atoms with E-state index in [9.17, 15) is 32.3 Å². The summed E-state index contributed by atoms with van der Waals surface area (Å²) < 4.78 is 40.4. The first-order valence-electron chi connectivity index (χ1n) is 10.8. The zero-order valence-corrected chi connectivity index (χ0v) is 19.3. The summed E-state index contributed by atoms with van der Waals surface area (Å²) in [4.78, 5) is 51.4. The van der Waals surface area contributed by atoms with Crippen molar-refractivity contribution in [3.63, 3.8) is 0 Å². The molecule has 0 aliphatic heterocycles. The SMILES string of the molecule is NC(N)=NCCCC(N)(C(=O)NCC(=O)NC(CC(=O)O)C(=O)NCCc1ccccc1)C(F)(F)F. The Labute approximate surface area is 204 Å². The van der Waals surface area contributed by atoms with Gasteiger partial charge in [-0.05, 0) is 24.8 Å². The zero-order chi connectivity index (χ0) is 27.4. The summed E-state index contributed by atoms with van der Waals surface area (Å²) >= 11 is 0. The number of halogens is 3. The summed E-state index contributed by atoms with van der Waals surface area (Å²) in [6, 6.07) is 7.55. The van der Waals surface area contributed by atoms with Crippen molar-refractivity contribution in [1.82, 2.24) is 16.0 Å². The first-order valence-corrected chi connectivity index (χ1v) is 10.8. The molecule has 1 aromatic carbocycles. The number of carbonyl (C=O) groups excluding carboxylic acids is 3. The van der Waals surface area contributed by atoms with Crippen molar-refractivity contribution in [1.29, 1.82) is 0 Å². The molecule has 0 aromatic heterocycles. The Hall–Kier alpha value is -3.88. The predicted octanol–water partition coefficient (Wildman–Crippen LogP) is -1.27. The lowest BCUT2D eigenvalue weighted by atomic mass is 9.92. The van der Waals surface area contributed by atoms with Crippen molar-refractivity contribution >= 4 is 29.7 Å². The van der Waals surface area contributed by atoms with Gasteiger partial charge in [0.05, 0.1) is 13.0 Å². The molecular weight excluding hydrogens is 487 g/mol. The number of carbonyl (C=O) groups is 4. The Morgan fingerprint density at radius 1 is 1.06 bits per heavy atom. The minimum atomic E-state index is -5.16. The second-order valence-electron chi connectivity index (χ2n) is 7.81. The molecule has 1 aromatic rings. The molecule has 0 radical (unpaired) electrons. The number of benzene rings is 1. The molecule has 0 spiro atoms. The molecule has 36 heavy (non-hydrogen) atoms. The monoisotopic (exact) mass is 517 g/mol. The largest absolute Gasteiger partial charge is 0.481 e. The molecule has 0 heterocycles. The summed E-state index contributed by atoms with van der Waals surface area (Å²) in [7, 11) is 0. The third-order valence-electron chi connectivity index (χ3n) is 4.93. The lowest BCUT2D eigenvalue weighted by Gasteiger charge is -2.30. The average molecular weight is 518 g/mol. The maximum absolute atomic E-state index is 13.5. The minimum absolute atomic E-state index is 0.146. The Morgan fingerprint density at radius 2 is 1.69 bits per heavy atom. The number of nitrogens with two attached hydrogens (primary N) is 3. The highest BCUT2D eigenvalue weighted by Gasteiger charge is 2.57. The topological polar surface area (TPSA) is 215 Å². The van der Waals surface area contributed by atoms with Crippen LogP contribution >= 0.6 is 0 Å². The lowest BCUT2D eigenvalue weighted by molar-refractivity contribution is -0.193. The van der Waals surface area contributed by atoms with Gasteiger partial charge in [0.25, 0.3) is 0 Å². The average Bonchev–Trinajstić information content (AvgIpc) is 2.79. The maximum atomic E-state index is 13.5. The third kappa shape index (κ3) is 10.2. The number of guanidine groups is 1. The quantitative estimate of drug-likeness (QED) is 0.0895. The van der Waals surface area contributed by atoms with Gasteiger partial charge >= 0.3 is 12.1 Å². The fourth-order valence-electron chi connectivity index (χ4n) is 3.00. The fourth-order valence-corrected chi connectivity index (χ4v) is 3.00. The number of aliphatic imine (C=N–C) groups is 1. The van der Waals surface area contributed by atoms with Gasteiger partial charge in [0, 0.05) is 13.1 Å². The molecule has 15 heteroatoms. The van der Waals surface area contributed by atoms with Crippen molar-refractivity contribution in [2.24, 2.45) is 22.2 Å². The Bertz CT molecular complexity index is 940. The number of rotatable bonds is 14. The van der Waals surface area contributed by atoms with Gasteiger partial charge in [-0.1, -0.05) is 30.3 Å². The number of nitrogens with zero attached hydrogens (tertiary/aromatic N) is 1. The van der Waals surface area contributed by atoms with Crippen molar-refractivity contribution in [3.8, 4) is 0 Å². The van der Waals surface area contributed by atoms with Crippen LogP contribution in [0.3, 0.4) is 0 Å². The van der Waals surface area contributed by atoms with Crippen molar-refractivity contribution < 1.29 is 37.5 Å². The smallest absolute Gasteiger partial charge is 0.415 e. The van der Waals surface area contributed by atoms with Gasteiger partial charge in [-0.15, -0.1) is 0 Å². The number of aliphatic carboxylic acids is 1. The van der Waals surface area contributed by atoms with Gasteiger partial charge in [-0.2, -0.15) is 13.2 Å². The van der Waals surface area contributed by atoms with Crippen LogP contribution in [0.1, 0.15) is 24.8 Å². The molecule has 0 aliphatic rings. The highest BCUT2D eigenvalue weighted by atomic mass is 19.4. The molecule has 200 valence electrons. The number of hydrogen-bond donors (Lipinski definition) is 7. The van der Waals surface area contributed by atoms with E-state index in [0.29, 0.717) is 6.42 Å². The molecule has 10 N–H and O–H groups in total.